The minimum absolute atomic E-state index is 0.506. The van der Waals surface area contributed by atoms with Crippen molar-refractivity contribution in [2.24, 2.45) is 0 Å². The summed E-state index contributed by atoms with van der Waals surface area (Å²) in [7, 11) is 0. The van der Waals surface area contributed by atoms with Gasteiger partial charge in [-0.05, 0) is 36.2 Å². The van der Waals surface area contributed by atoms with Gasteiger partial charge in [0.15, 0.2) is 0 Å². The highest BCUT2D eigenvalue weighted by Gasteiger charge is 2.16. The zero-order valence-corrected chi connectivity index (χ0v) is 13.0. The van der Waals surface area contributed by atoms with E-state index in [0.29, 0.717) is 23.9 Å². The van der Waals surface area contributed by atoms with E-state index in [4.69, 9.17) is 0 Å². The van der Waals surface area contributed by atoms with E-state index in [0.717, 1.165) is 12.0 Å². The topological polar surface area (TPSA) is 87.4 Å². The van der Waals surface area contributed by atoms with E-state index in [-0.39, 0.29) is 0 Å². The first kappa shape index (κ1) is 15.6. The Labute approximate surface area is 140 Å². The van der Waals surface area contributed by atoms with E-state index in [1.165, 1.54) is 0 Å². The molecule has 0 aliphatic heterocycles. The smallest absolute Gasteiger partial charge is 0.222 e. The summed E-state index contributed by atoms with van der Waals surface area (Å²) >= 11 is 0. The van der Waals surface area contributed by atoms with Gasteiger partial charge in [0.2, 0.25) is 5.95 Å². The maximum Gasteiger partial charge on any atom is 0.222 e. The molecule has 6 nitrogen and oxygen atoms in total. The Morgan fingerprint density at radius 2 is 1.96 bits per heavy atom. The van der Waals surface area contributed by atoms with Gasteiger partial charge in [-0.1, -0.05) is 12.1 Å². The number of anilines is 1. The lowest BCUT2D eigenvalue weighted by Gasteiger charge is -2.10. The Bertz CT molecular complexity index is 814. The molecule has 0 aromatic carbocycles. The van der Waals surface area contributed by atoms with Gasteiger partial charge < -0.3 is 5.32 Å². The first-order valence-corrected chi connectivity index (χ1v) is 7.63. The predicted octanol–water partition coefficient (Wildman–Crippen LogP) is 2.58. The van der Waals surface area contributed by atoms with Crippen molar-refractivity contribution in [1.82, 2.24) is 19.9 Å². The van der Waals surface area contributed by atoms with Crippen LogP contribution >= 0.6 is 0 Å². The van der Waals surface area contributed by atoms with Gasteiger partial charge in [-0.15, -0.1) is 0 Å². The largest absolute Gasteiger partial charge is 0.354 e. The number of nitrogens with zero attached hydrogens (tertiary/aromatic N) is 5. The molecule has 6 heteroatoms. The molecule has 3 heterocycles. The molecule has 0 fully saturated rings. The molecule has 1 atom stereocenters. The van der Waals surface area contributed by atoms with Crippen LogP contribution < -0.4 is 5.32 Å². The number of nitrogens with one attached hydrogen (secondary N) is 1. The number of hydrogen-bond acceptors (Lipinski definition) is 6. The molecule has 1 N–H and O–H groups in total. The van der Waals surface area contributed by atoms with Crippen LogP contribution in [-0.4, -0.2) is 26.5 Å². The van der Waals surface area contributed by atoms with Crippen molar-refractivity contribution in [2.45, 2.75) is 12.3 Å². The summed E-state index contributed by atoms with van der Waals surface area (Å²) < 4.78 is 0. The monoisotopic (exact) mass is 316 g/mol. The lowest BCUT2D eigenvalue weighted by Crippen LogP contribution is -2.10. The lowest BCUT2D eigenvalue weighted by molar-refractivity contribution is 0.893. The maximum absolute atomic E-state index is 9.47. The fourth-order valence-corrected chi connectivity index (χ4v) is 2.31. The second-order valence-electron chi connectivity index (χ2n) is 5.16. The highest BCUT2D eigenvalue weighted by molar-refractivity contribution is 5.34. The molecule has 3 rings (SSSR count). The molecule has 118 valence electrons. The highest BCUT2D eigenvalue weighted by atomic mass is 15.1. The zero-order valence-electron chi connectivity index (χ0n) is 13.0. The summed E-state index contributed by atoms with van der Waals surface area (Å²) in [4.78, 5) is 17.0. The molecule has 0 aliphatic carbocycles. The molecule has 1 unspecified atom stereocenters. The molecule has 0 saturated carbocycles. The zero-order chi connectivity index (χ0) is 16.6. The third-order valence-electron chi connectivity index (χ3n) is 3.51. The van der Waals surface area contributed by atoms with E-state index >= 15 is 0 Å². The van der Waals surface area contributed by atoms with Gasteiger partial charge in [0.05, 0.1) is 17.5 Å². The second kappa shape index (κ2) is 7.79. The van der Waals surface area contributed by atoms with Gasteiger partial charge in [-0.2, -0.15) is 5.26 Å². The Balaban J connectivity index is 1.68. The Morgan fingerprint density at radius 1 is 1.00 bits per heavy atom. The average molecular weight is 316 g/mol. The van der Waals surface area contributed by atoms with Gasteiger partial charge in [0.1, 0.15) is 5.92 Å². The van der Waals surface area contributed by atoms with Crippen LogP contribution in [0.1, 0.15) is 22.9 Å². The molecule has 3 aromatic heterocycles. The van der Waals surface area contributed by atoms with Gasteiger partial charge in [-0.25, -0.2) is 9.97 Å². The van der Waals surface area contributed by atoms with Crippen molar-refractivity contribution in [3.8, 4) is 6.07 Å². The summed E-state index contributed by atoms with van der Waals surface area (Å²) in [6.07, 6.45) is 7.74. The Kier molecular flexibility index (Phi) is 5.05. The summed E-state index contributed by atoms with van der Waals surface area (Å²) in [6, 6.07) is 13.4. The molecule has 0 spiro atoms. The summed E-state index contributed by atoms with van der Waals surface area (Å²) in [5, 5.41) is 12.7. The maximum atomic E-state index is 9.47. The SMILES string of the molecule is N#CC(c1ccccn1)c1ccnc(NCCc2cccnc2)n1. The standard InChI is InChI=1S/C18H16N6/c19-12-15(16-5-1-2-9-21-16)17-7-11-23-18(24-17)22-10-6-14-4-3-8-20-13-14/h1-5,7-9,11,13,15H,6,10H2,(H,22,23,24). The van der Waals surface area contributed by atoms with Crippen LogP contribution in [0.2, 0.25) is 0 Å². The summed E-state index contributed by atoms with van der Waals surface area (Å²) in [5.41, 5.74) is 2.46. The minimum atomic E-state index is -0.506. The van der Waals surface area contributed by atoms with Gasteiger partial charge in [0, 0.05) is 31.3 Å². The lowest BCUT2D eigenvalue weighted by atomic mass is 10.0. The van der Waals surface area contributed by atoms with E-state index in [1.807, 2.05) is 36.5 Å². The predicted molar refractivity (Wildman–Crippen MR) is 90.2 cm³/mol. The van der Waals surface area contributed by atoms with E-state index in [2.05, 4.69) is 31.3 Å². The van der Waals surface area contributed by atoms with Crippen LogP contribution in [0.25, 0.3) is 0 Å². The van der Waals surface area contributed by atoms with Crippen molar-refractivity contribution in [3.63, 3.8) is 0 Å². The van der Waals surface area contributed by atoms with Crippen LogP contribution in [0.15, 0.2) is 61.2 Å². The highest BCUT2D eigenvalue weighted by Crippen LogP contribution is 2.20. The quantitative estimate of drug-likeness (QED) is 0.752. The molecule has 0 aliphatic rings. The third-order valence-corrected chi connectivity index (χ3v) is 3.51. The molecule has 3 aromatic rings. The van der Waals surface area contributed by atoms with Crippen LogP contribution in [0.3, 0.4) is 0 Å². The molecular weight excluding hydrogens is 300 g/mol. The normalized spacial score (nSPS) is 11.5. The first-order valence-electron chi connectivity index (χ1n) is 7.63. The van der Waals surface area contributed by atoms with Crippen molar-refractivity contribution < 1.29 is 0 Å². The van der Waals surface area contributed by atoms with Crippen LogP contribution in [0.5, 0.6) is 0 Å². The summed E-state index contributed by atoms with van der Waals surface area (Å²) in [5.74, 6) is 0.000597. The number of nitriles is 1. The molecular formula is C18H16N6. The van der Waals surface area contributed by atoms with Gasteiger partial charge in [-0.3, -0.25) is 9.97 Å². The van der Waals surface area contributed by atoms with E-state index in [1.54, 1.807) is 24.7 Å². The van der Waals surface area contributed by atoms with E-state index < -0.39 is 5.92 Å². The molecule has 0 saturated heterocycles. The number of aromatic nitrogens is 4. The third kappa shape index (κ3) is 3.90. The van der Waals surface area contributed by atoms with Crippen LogP contribution in [0.4, 0.5) is 5.95 Å². The summed E-state index contributed by atoms with van der Waals surface area (Å²) in [6.45, 7) is 0.690. The number of hydrogen-bond donors (Lipinski definition) is 1. The van der Waals surface area contributed by atoms with Crippen molar-refractivity contribution in [1.29, 1.82) is 5.26 Å². The van der Waals surface area contributed by atoms with Crippen molar-refractivity contribution in [2.75, 3.05) is 11.9 Å². The average Bonchev–Trinajstić information content (AvgIpc) is 2.65. The van der Waals surface area contributed by atoms with Crippen molar-refractivity contribution in [3.05, 3.63) is 78.1 Å². The van der Waals surface area contributed by atoms with Crippen molar-refractivity contribution >= 4 is 5.95 Å². The number of pyridine rings is 2. The first-order chi connectivity index (χ1) is 11.9. The minimum Gasteiger partial charge on any atom is -0.354 e. The van der Waals surface area contributed by atoms with Gasteiger partial charge in [0.25, 0.3) is 0 Å². The van der Waals surface area contributed by atoms with E-state index in [9.17, 15) is 5.26 Å². The molecule has 0 bridgehead atoms. The Morgan fingerprint density at radius 3 is 2.71 bits per heavy atom. The van der Waals surface area contributed by atoms with Gasteiger partial charge >= 0.3 is 0 Å². The number of rotatable bonds is 6. The Hall–Kier alpha value is -3.33. The van der Waals surface area contributed by atoms with Crippen LogP contribution in [-0.2, 0) is 6.42 Å². The molecule has 0 amide bonds. The molecule has 0 radical (unpaired) electrons. The fraction of sp³-hybridized carbons (Fsp3) is 0.167. The van der Waals surface area contributed by atoms with Crippen LogP contribution in [0, 0.1) is 11.3 Å². The molecule has 24 heavy (non-hydrogen) atoms. The fourth-order valence-electron chi connectivity index (χ4n) is 2.31. The second-order valence-corrected chi connectivity index (χ2v) is 5.16.